The van der Waals surface area contributed by atoms with Gasteiger partial charge in [-0.3, -0.25) is 0 Å². The van der Waals surface area contributed by atoms with Crippen molar-refractivity contribution in [2.75, 3.05) is 0 Å². The second-order valence-electron chi connectivity index (χ2n) is 5.04. The van der Waals surface area contributed by atoms with E-state index in [1.54, 1.807) is 0 Å². The van der Waals surface area contributed by atoms with Gasteiger partial charge in [0.25, 0.3) is 0 Å². The Morgan fingerprint density at radius 1 is 0.600 bits per heavy atom. The summed E-state index contributed by atoms with van der Waals surface area (Å²) in [6.07, 6.45) is 0. The average molecular weight is 260 g/mol. The van der Waals surface area contributed by atoms with E-state index in [1.165, 1.54) is 0 Å². The highest BCUT2D eigenvalue weighted by atomic mass is 14.3. The fourth-order valence-electron chi connectivity index (χ4n) is 2.47. The molecule has 0 fully saturated rings. The second-order valence-corrected chi connectivity index (χ2v) is 5.04. The summed E-state index contributed by atoms with van der Waals surface area (Å²) in [5, 5.41) is 18.2. The molecule has 2 rings (SSSR count). The molecule has 0 radical (unpaired) electrons. The van der Waals surface area contributed by atoms with E-state index in [-0.39, 0.29) is 0 Å². The highest BCUT2D eigenvalue weighted by molar-refractivity contribution is 5.74. The molecule has 2 aromatic rings. The minimum Gasteiger partial charge on any atom is -0.192 e. The van der Waals surface area contributed by atoms with E-state index in [1.807, 2.05) is 52.0 Å². The zero-order chi connectivity index (χ0) is 14.9. The molecule has 0 heterocycles. The lowest BCUT2D eigenvalue weighted by atomic mass is 9.89. The first-order valence-corrected chi connectivity index (χ1v) is 6.52. The first kappa shape index (κ1) is 13.8. The summed E-state index contributed by atoms with van der Waals surface area (Å²) in [7, 11) is 0. The van der Waals surface area contributed by atoms with Crippen molar-refractivity contribution < 1.29 is 0 Å². The van der Waals surface area contributed by atoms with Gasteiger partial charge in [-0.2, -0.15) is 10.5 Å². The Balaban J connectivity index is 2.72. The molecule has 0 amide bonds. The van der Waals surface area contributed by atoms with E-state index >= 15 is 0 Å². The first-order valence-electron chi connectivity index (χ1n) is 6.52. The molecule has 0 aliphatic rings. The summed E-state index contributed by atoms with van der Waals surface area (Å²) in [6, 6.07) is 12.2. The van der Waals surface area contributed by atoms with Gasteiger partial charge in [0.05, 0.1) is 23.3 Å². The smallest absolute Gasteiger partial charge is 0.0994 e. The lowest BCUT2D eigenvalue weighted by Crippen LogP contribution is -1.96. The van der Waals surface area contributed by atoms with E-state index in [4.69, 9.17) is 10.5 Å². The Hall–Kier alpha value is -2.58. The van der Waals surface area contributed by atoms with Crippen LogP contribution in [0.1, 0.15) is 33.4 Å². The SMILES string of the molecule is Cc1c(C#N)ccc(-c2ccc(C#N)c(C)c2C)c1C. The van der Waals surface area contributed by atoms with Crippen LogP contribution in [0.3, 0.4) is 0 Å². The van der Waals surface area contributed by atoms with Gasteiger partial charge in [0.1, 0.15) is 0 Å². The lowest BCUT2D eigenvalue weighted by Gasteiger charge is -2.15. The van der Waals surface area contributed by atoms with Gasteiger partial charge in [-0.15, -0.1) is 0 Å². The number of benzene rings is 2. The van der Waals surface area contributed by atoms with Gasteiger partial charge in [0.2, 0.25) is 0 Å². The fourth-order valence-corrected chi connectivity index (χ4v) is 2.47. The predicted molar refractivity (Wildman–Crippen MR) is 80.3 cm³/mol. The molecule has 0 atom stereocenters. The Bertz CT molecular complexity index is 704. The quantitative estimate of drug-likeness (QED) is 0.766. The molecule has 2 aromatic carbocycles. The molecule has 0 bridgehead atoms. The van der Waals surface area contributed by atoms with Crippen LogP contribution in [0.15, 0.2) is 24.3 Å². The first-order chi connectivity index (χ1) is 9.51. The Kier molecular flexibility index (Phi) is 3.59. The number of hydrogen-bond donors (Lipinski definition) is 0. The molecular formula is C18H16N2. The molecule has 20 heavy (non-hydrogen) atoms. The largest absolute Gasteiger partial charge is 0.192 e. The minimum absolute atomic E-state index is 0.717. The molecule has 2 nitrogen and oxygen atoms in total. The molecule has 0 aromatic heterocycles. The van der Waals surface area contributed by atoms with Crippen molar-refractivity contribution >= 4 is 0 Å². The minimum atomic E-state index is 0.717. The highest BCUT2D eigenvalue weighted by Crippen LogP contribution is 2.32. The normalized spacial score (nSPS) is 9.90. The predicted octanol–water partition coefficient (Wildman–Crippen LogP) is 4.33. The third-order valence-electron chi connectivity index (χ3n) is 4.11. The summed E-state index contributed by atoms with van der Waals surface area (Å²) < 4.78 is 0. The van der Waals surface area contributed by atoms with Gasteiger partial charge in [0, 0.05) is 0 Å². The Morgan fingerprint density at radius 2 is 0.950 bits per heavy atom. The second kappa shape index (κ2) is 5.19. The maximum atomic E-state index is 9.09. The molecule has 0 N–H and O–H groups in total. The van der Waals surface area contributed by atoms with Gasteiger partial charge in [-0.25, -0.2) is 0 Å². The topological polar surface area (TPSA) is 47.6 Å². The van der Waals surface area contributed by atoms with Crippen LogP contribution in [0.25, 0.3) is 11.1 Å². The van der Waals surface area contributed by atoms with Crippen LogP contribution >= 0.6 is 0 Å². The van der Waals surface area contributed by atoms with Gasteiger partial charge in [-0.05, 0) is 73.2 Å². The van der Waals surface area contributed by atoms with Gasteiger partial charge in [0.15, 0.2) is 0 Å². The molecule has 0 saturated carbocycles. The number of hydrogen-bond acceptors (Lipinski definition) is 2. The number of nitriles is 2. The maximum absolute atomic E-state index is 9.09. The lowest BCUT2D eigenvalue weighted by molar-refractivity contribution is 1.27. The number of nitrogens with zero attached hydrogens (tertiary/aromatic N) is 2. The van der Waals surface area contributed by atoms with Crippen molar-refractivity contribution in [1.82, 2.24) is 0 Å². The Labute approximate surface area is 119 Å². The molecule has 2 heteroatoms. The van der Waals surface area contributed by atoms with Crippen molar-refractivity contribution in [3.8, 4) is 23.3 Å². The van der Waals surface area contributed by atoms with E-state index < -0.39 is 0 Å². The summed E-state index contributed by atoms with van der Waals surface area (Å²) in [5.41, 5.74) is 7.98. The van der Waals surface area contributed by atoms with E-state index in [0.29, 0.717) is 11.1 Å². The van der Waals surface area contributed by atoms with Crippen molar-refractivity contribution in [3.05, 3.63) is 57.6 Å². The van der Waals surface area contributed by atoms with E-state index in [9.17, 15) is 0 Å². The van der Waals surface area contributed by atoms with Crippen LogP contribution in [0.5, 0.6) is 0 Å². The van der Waals surface area contributed by atoms with Crippen molar-refractivity contribution in [2.45, 2.75) is 27.7 Å². The highest BCUT2D eigenvalue weighted by Gasteiger charge is 2.12. The average Bonchev–Trinajstić information content (AvgIpc) is 2.45. The van der Waals surface area contributed by atoms with Crippen molar-refractivity contribution in [2.24, 2.45) is 0 Å². The molecule has 0 saturated heterocycles. The standard InChI is InChI=1S/C18H16N2/c1-11-13(3)17(7-5-15(11)9-19)18-8-6-16(10-20)12(2)14(18)4/h5-8H,1-4H3. The third kappa shape index (κ3) is 2.06. The summed E-state index contributed by atoms with van der Waals surface area (Å²) >= 11 is 0. The van der Waals surface area contributed by atoms with Gasteiger partial charge in [-0.1, -0.05) is 12.1 Å². The van der Waals surface area contributed by atoms with Crippen molar-refractivity contribution in [1.29, 1.82) is 10.5 Å². The molecule has 98 valence electrons. The van der Waals surface area contributed by atoms with Crippen molar-refractivity contribution in [3.63, 3.8) is 0 Å². The summed E-state index contributed by atoms with van der Waals surface area (Å²) in [5.74, 6) is 0. The molecular weight excluding hydrogens is 244 g/mol. The zero-order valence-corrected chi connectivity index (χ0v) is 12.2. The summed E-state index contributed by atoms with van der Waals surface area (Å²) in [4.78, 5) is 0. The van der Waals surface area contributed by atoms with Crippen LogP contribution in [0.2, 0.25) is 0 Å². The number of rotatable bonds is 1. The maximum Gasteiger partial charge on any atom is 0.0994 e. The van der Waals surface area contributed by atoms with Crippen LogP contribution < -0.4 is 0 Å². The monoisotopic (exact) mass is 260 g/mol. The third-order valence-corrected chi connectivity index (χ3v) is 4.11. The van der Waals surface area contributed by atoms with E-state index in [2.05, 4.69) is 12.1 Å². The van der Waals surface area contributed by atoms with Gasteiger partial charge >= 0.3 is 0 Å². The van der Waals surface area contributed by atoms with Crippen LogP contribution in [0.4, 0.5) is 0 Å². The van der Waals surface area contributed by atoms with Gasteiger partial charge < -0.3 is 0 Å². The Morgan fingerprint density at radius 3 is 1.25 bits per heavy atom. The molecule has 0 unspecified atom stereocenters. The van der Waals surface area contributed by atoms with Crippen LogP contribution in [0, 0.1) is 50.4 Å². The van der Waals surface area contributed by atoms with Crippen LogP contribution in [-0.4, -0.2) is 0 Å². The molecule has 0 spiro atoms. The molecule has 0 aliphatic carbocycles. The molecule has 0 aliphatic heterocycles. The summed E-state index contributed by atoms with van der Waals surface area (Å²) in [6.45, 7) is 8.03. The zero-order valence-electron chi connectivity index (χ0n) is 12.2. The fraction of sp³-hybridized carbons (Fsp3) is 0.222. The van der Waals surface area contributed by atoms with Crippen LogP contribution in [-0.2, 0) is 0 Å². The van der Waals surface area contributed by atoms with E-state index in [0.717, 1.165) is 33.4 Å².